The highest BCUT2D eigenvalue weighted by molar-refractivity contribution is 4.91. The molecule has 1 spiro atoms. The first-order valence-electron chi connectivity index (χ1n) is 8.11. The van der Waals surface area contributed by atoms with Gasteiger partial charge in [-0.05, 0) is 64.3 Å². The van der Waals surface area contributed by atoms with Crippen LogP contribution in [0.25, 0.3) is 0 Å². The van der Waals surface area contributed by atoms with Crippen LogP contribution in [0, 0.1) is 5.92 Å². The predicted octanol–water partition coefficient (Wildman–Crippen LogP) is 3.89. The lowest BCUT2D eigenvalue weighted by molar-refractivity contribution is -0.0940. The van der Waals surface area contributed by atoms with Crippen LogP contribution in [0.4, 0.5) is 0 Å². The maximum atomic E-state index is 6.11. The average Bonchev–Trinajstić information content (AvgIpc) is 2.82. The van der Waals surface area contributed by atoms with Crippen LogP contribution in [0.1, 0.15) is 71.6 Å². The SMILES string of the molecule is CCCNC(C)CCC1CCOC2(CCCC2)C1. The molecule has 1 aliphatic carbocycles. The zero-order valence-corrected chi connectivity index (χ0v) is 12.3. The smallest absolute Gasteiger partial charge is 0.0685 e. The van der Waals surface area contributed by atoms with Crippen molar-refractivity contribution < 1.29 is 4.74 Å². The van der Waals surface area contributed by atoms with Crippen LogP contribution in [-0.2, 0) is 4.74 Å². The van der Waals surface area contributed by atoms with E-state index in [0.29, 0.717) is 11.6 Å². The van der Waals surface area contributed by atoms with E-state index in [0.717, 1.165) is 12.5 Å². The first kappa shape index (κ1) is 14.3. The van der Waals surface area contributed by atoms with Crippen LogP contribution in [0.5, 0.6) is 0 Å². The van der Waals surface area contributed by atoms with E-state index in [2.05, 4.69) is 19.2 Å². The second-order valence-electron chi connectivity index (χ2n) is 6.53. The normalized spacial score (nSPS) is 28.7. The van der Waals surface area contributed by atoms with E-state index in [1.54, 1.807) is 0 Å². The largest absolute Gasteiger partial charge is 0.375 e. The Kier molecular flexibility index (Phi) is 5.50. The Morgan fingerprint density at radius 1 is 1.33 bits per heavy atom. The number of rotatable bonds is 6. The summed E-state index contributed by atoms with van der Waals surface area (Å²) in [6.45, 7) is 6.75. The van der Waals surface area contributed by atoms with E-state index < -0.39 is 0 Å². The summed E-state index contributed by atoms with van der Waals surface area (Å²) in [4.78, 5) is 0. The fraction of sp³-hybridized carbons (Fsp3) is 1.00. The van der Waals surface area contributed by atoms with E-state index in [9.17, 15) is 0 Å². The van der Waals surface area contributed by atoms with Gasteiger partial charge in [0.25, 0.3) is 0 Å². The number of nitrogens with one attached hydrogen (secondary N) is 1. The summed E-state index contributed by atoms with van der Waals surface area (Å²) in [5.74, 6) is 0.919. The molecule has 2 rings (SSSR count). The third-order valence-corrected chi connectivity index (χ3v) is 4.86. The minimum atomic E-state index is 0.309. The molecule has 2 heteroatoms. The molecule has 2 unspecified atom stereocenters. The van der Waals surface area contributed by atoms with Crippen molar-refractivity contribution >= 4 is 0 Å². The van der Waals surface area contributed by atoms with E-state index in [4.69, 9.17) is 4.74 Å². The maximum Gasteiger partial charge on any atom is 0.0685 e. The van der Waals surface area contributed by atoms with E-state index in [1.165, 1.54) is 64.3 Å². The first-order chi connectivity index (χ1) is 8.74. The van der Waals surface area contributed by atoms with Gasteiger partial charge >= 0.3 is 0 Å². The van der Waals surface area contributed by atoms with Crippen molar-refractivity contribution in [1.29, 1.82) is 0 Å². The third-order valence-electron chi connectivity index (χ3n) is 4.86. The Balaban J connectivity index is 1.69. The highest BCUT2D eigenvalue weighted by Crippen LogP contribution is 2.43. The zero-order chi connectivity index (χ0) is 12.8. The molecule has 2 nitrogen and oxygen atoms in total. The lowest BCUT2D eigenvalue weighted by atomic mass is 9.82. The van der Waals surface area contributed by atoms with Gasteiger partial charge in [-0.25, -0.2) is 0 Å². The lowest BCUT2D eigenvalue weighted by Crippen LogP contribution is -2.37. The molecule has 1 N–H and O–H groups in total. The van der Waals surface area contributed by atoms with E-state index in [1.807, 2.05) is 0 Å². The summed E-state index contributed by atoms with van der Waals surface area (Å²) in [6, 6.07) is 0.687. The third kappa shape index (κ3) is 3.96. The molecule has 0 bridgehead atoms. The van der Waals surface area contributed by atoms with Crippen LogP contribution < -0.4 is 5.32 Å². The molecule has 1 heterocycles. The Morgan fingerprint density at radius 2 is 2.11 bits per heavy atom. The van der Waals surface area contributed by atoms with Gasteiger partial charge in [0, 0.05) is 12.6 Å². The summed E-state index contributed by atoms with van der Waals surface area (Å²) in [7, 11) is 0. The Bertz CT molecular complexity index is 235. The van der Waals surface area contributed by atoms with Crippen LogP contribution >= 0.6 is 0 Å². The van der Waals surface area contributed by atoms with E-state index >= 15 is 0 Å². The molecule has 1 saturated carbocycles. The monoisotopic (exact) mass is 253 g/mol. The number of ether oxygens (including phenoxy) is 1. The zero-order valence-electron chi connectivity index (χ0n) is 12.3. The topological polar surface area (TPSA) is 21.3 Å². The molecule has 2 aliphatic rings. The maximum absolute atomic E-state index is 6.11. The fourth-order valence-corrected chi connectivity index (χ4v) is 3.72. The van der Waals surface area contributed by atoms with Crippen molar-refractivity contribution in [3.05, 3.63) is 0 Å². The molecule has 1 saturated heterocycles. The minimum absolute atomic E-state index is 0.309. The standard InChI is InChI=1S/C16H31NO/c1-3-11-17-14(2)6-7-15-8-12-18-16(13-15)9-4-5-10-16/h14-15,17H,3-13H2,1-2H3. The predicted molar refractivity (Wildman–Crippen MR) is 76.9 cm³/mol. The molecule has 0 amide bonds. The average molecular weight is 253 g/mol. The Labute approximate surface area is 113 Å². The van der Waals surface area contributed by atoms with Crippen molar-refractivity contribution in [2.24, 2.45) is 5.92 Å². The van der Waals surface area contributed by atoms with Crippen LogP contribution in [0.2, 0.25) is 0 Å². The van der Waals surface area contributed by atoms with Crippen molar-refractivity contribution in [2.45, 2.75) is 83.3 Å². The van der Waals surface area contributed by atoms with Gasteiger partial charge in [-0.1, -0.05) is 19.8 Å². The highest BCUT2D eigenvalue weighted by Gasteiger charge is 2.39. The van der Waals surface area contributed by atoms with Crippen LogP contribution in [0.3, 0.4) is 0 Å². The first-order valence-corrected chi connectivity index (χ1v) is 8.11. The quantitative estimate of drug-likeness (QED) is 0.775. The summed E-state index contributed by atoms with van der Waals surface area (Å²) in [6.07, 6.45) is 12.0. The highest BCUT2D eigenvalue weighted by atomic mass is 16.5. The Morgan fingerprint density at radius 3 is 2.83 bits per heavy atom. The molecule has 106 valence electrons. The van der Waals surface area contributed by atoms with Crippen molar-refractivity contribution in [1.82, 2.24) is 5.32 Å². The minimum Gasteiger partial charge on any atom is -0.375 e. The molecule has 2 atom stereocenters. The van der Waals surface area contributed by atoms with Crippen LogP contribution in [0.15, 0.2) is 0 Å². The molecule has 0 radical (unpaired) electrons. The second kappa shape index (κ2) is 6.91. The van der Waals surface area contributed by atoms with Crippen LogP contribution in [-0.4, -0.2) is 24.8 Å². The molecule has 0 aromatic carbocycles. The van der Waals surface area contributed by atoms with Crippen molar-refractivity contribution in [3.8, 4) is 0 Å². The number of hydrogen-bond donors (Lipinski definition) is 1. The summed E-state index contributed by atoms with van der Waals surface area (Å²) < 4.78 is 6.11. The summed E-state index contributed by atoms with van der Waals surface area (Å²) in [5.41, 5.74) is 0.309. The summed E-state index contributed by atoms with van der Waals surface area (Å²) >= 11 is 0. The fourth-order valence-electron chi connectivity index (χ4n) is 3.72. The Hall–Kier alpha value is -0.0800. The molecule has 1 aliphatic heterocycles. The van der Waals surface area contributed by atoms with Gasteiger partial charge in [0.2, 0.25) is 0 Å². The van der Waals surface area contributed by atoms with E-state index in [-0.39, 0.29) is 0 Å². The lowest BCUT2D eigenvalue weighted by Gasteiger charge is -2.38. The van der Waals surface area contributed by atoms with Gasteiger partial charge in [-0.2, -0.15) is 0 Å². The van der Waals surface area contributed by atoms with Crippen molar-refractivity contribution in [2.75, 3.05) is 13.2 Å². The van der Waals surface area contributed by atoms with Gasteiger partial charge in [-0.15, -0.1) is 0 Å². The molecule has 0 aromatic heterocycles. The van der Waals surface area contributed by atoms with Gasteiger partial charge in [0.15, 0.2) is 0 Å². The molecule has 0 aromatic rings. The van der Waals surface area contributed by atoms with Crippen molar-refractivity contribution in [3.63, 3.8) is 0 Å². The summed E-state index contributed by atoms with van der Waals surface area (Å²) in [5, 5.41) is 3.60. The van der Waals surface area contributed by atoms with Gasteiger partial charge < -0.3 is 10.1 Å². The molecule has 2 fully saturated rings. The second-order valence-corrected chi connectivity index (χ2v) is 6.53. The molecular formula is C16H31NO. The van der Waals surface area contributed by atoms with Gasteiger partial charge in [-0.3, -0.25) is 0 Å². The molecule has 18 heavy (non-hydrogen) atoms. The van der Waals surface area contributed by atoms with Gasteiger partial charge in [0.05, 0.1) is 5.60 Å². The van der Waals surface area contributed by atoms with Gasteiger partial charge in [0.1, 0.15) is 0 Å². The molecular weight excluding hydrogens is 222 g/mol. The number of hydrogen-bond acceptors (Lipinski definition) is 2.